The van der Waals surface area contributed by atoms with Crippen LogP contribution in [0.25, 0.3) is 0 Å². The molecular weight excluding hydrogens is 610 g/mol. The van der Waals surface area contributed by atoms with Crippen molar-refractivity contribution >= 4 is 35.3 Å². The molecule has 3 amide bonds. The zero-order chi connectivity index (χ0) is 36.4. The number of primary amides is 1. The molecule has 0 aromatic carbocycles. The predicted octanol–water partition coefficient (Wildman–Crippen LogP) is 5.73. The molecule has 1 unspecified atom stereocenters. The van der Waals surface area contributed by atoms with Crippen LogP contribution in [0.4, 0.5) is 4.79 Å². The summed E-state index contributed by atoms with van der Waals surface area (Å²) in [6, 6.07) is -0.807. The third kappa shape index (κ3) is 7.09. The molecule has 0 aromatic rings. The standard InChI is InChI=1S/C38H61N3O7/c1-33(2,3)18-25(42)17-26(34(4,5)6)31(46)41-22-37(36(10,11)38(37)20-40(21-38)32(47)48-35(7,8)9)19-27(41)28(43)16-24(29(44)30(39)45)15-23-13-12-14-23/h23-24,26-27H,12-22H2,1-11H3,(H2,39,45)/t24?,26-,27+,37-/m1/s1. The normalized spacial score (nSPS) is 26.0. The monoisotopic (exact) mass is 671 g/mol. The fourth-order valence-electron chi connectivity index (χ4n) is 9.09. The van der Waals surface area contributed by atoms with Gasteiger partial charge < -0.3 is 20.3 Å². The zero-order valence-electron chi connectivity index (χ0n) is 31.4. The van der Waals surface area contributed by atoms with Gasteiger partial charge >= 0.3 is 6.09 Å². The van der Waals surface area contributed by atoms with Crippen molar-refractivity contribution in [3.05, 3.63) is 0 Å². The molecule has 48 heavy (non-hydrogen) atoms. The highest BCUT2D eigenvalue weighted by atomic mass is 16.6. The minimum atomic E-state index is -1.04. The van der Waals surface area contributed by atoms with Gasteiger partial charge in [-0.3, -0.25) is 24.0 Å². The van der Waals surface area contributed by atoms with Crippen molar-refractivity contribution in [2.24, 2.45) is 50.6 Å². The lowest BCUT2D eigenvalue weighted by Crippen LogP contribution is -2.56. The van der Waals surface area contributed by atoms with Gasteiger partial charge in [-0.05, 0) is 55.8 Å². The number of carbonyl (C=O) groups excluding carboxylic acids is 6. The SMILES string of the molecule is CC(C)(C)CC(=O)C[C@H](C(=O)N1C[C@]2(C[C@H]1C(=O)CC(CC1CCC1)C(=O)C(N)=O)C(C)(C)C21CN(C(=O)OC(C)(C)C)C1)C(C)(C)C. The molecule has 2 N–H and O–H groups in total. The van der Waals surface area contributed by atoms with E-state index in [0.717, 1.165) is 19.3 Å². The summed E-state index contributed by atoms with van der Waals surface area (Å²) in [5.41, 5.74) is 2.99. The quantitative estimate of drug-likeness (QED) is 0.276. The number of hydrogen-bond acceptors (Lipinski definition) is 7. The molecule has 2 saturated carbocycles. The van der Waals surface area contributed by atoms with Crippen LogP contribution < -0.4 is 5.73 Å². The molecule has 0 radical (unpaired) electrons. The van der Waals surface area contributed by atoms with E-state index >= 15 is 0 Å². The number of Topliss-reactive ketones (excluding diaryl/α,β-unsaturated/α-hetero) is 3. The Bertz CT molecular complexity index is 1340. The van der Waals surface area contributed by atoms with E-state index in [1.807, 2.05) is 62.3 Å². The number of hydrogen-bond donors (Lipinski definition) is 1. The van der Waals surface area contributed by atoms with E-state index < -0.39 is 46.0 Å². The molecule has 0 bridgehead atoms. The highest BCUT2D eigenvalue weighted by molar-refractivity contribution is 6.36. The first-order valence-electron chi connectivity index (χ1n) is 17.9. The van der Waals surface area contributed by atoms with E-state index in [1.54, 1.807) is 9.80 Å². The van der Waals surface area contributed by atoms with Gasteiger partial charge in [0.2, 0.25) is 11.7 Å². The van der Waals surface area contributed by atoms with Crippen LogP contribution >= 0.6 is 0 Å². The van der Waals surface area contributed by atoms with Gasteiger partial charge in [0.05, 0.1) is 6.04 Å². The van der Waals surface area contributed by atoms with Crippen molar-refractivity contribution in [1.29, 1.82) is 0 Å². The average Bonchev–Trinajstić information content (AvgIpc) is 3.10. The molecule has 10 nitrogen and oxygen atoms in total. The van der Waals surface area contributed by atoms with Gasteiger partial charge in [-0.25, -0.2) is 4.79 Å². The number of rotatable bonds is 11. The van der Waals surface area contributed by atoms with Gasteiger partial charge in [-0.1, -0.05) is 74.7 Å². The van der Waals surface area contributed by atoms with E-state index in [1.165, 1.54) is 0 Å². The highest BCUT2D eigenvalue weighted by Crippen LogP contribution is 2.84. The maximum Gasteiger partial charge on any atom is 0.410 e. The van der Waals surface area contributed by atoms with Crippen LogP contribution in [-0.2, 0) is 28.7 Å². The Hall–Kier alpha value is -2.78. The first-order valence-corrected chi connectivity index (χ1v) is 17.9. The van der Waals surface area contributed by atoms with Crippen molar-refractivity contribution in [1.82, 2.24) is 9.80 Å². The number of nitrogens with zero attached hydrogens (tertiary/aromatic N) is 2. The van der Waals surface area contributed by atoms with Crippen LogP contribution in [-0.4, -0.2) is 76.3 Å². The fraction of sp³-hybridized carbons (Fsp3) is 0.842. The number of likely N-dealkylation sites (tertiary alicyclic amines) is 2. The Labute approximate surface area is 287 Å². The third-order valence-corrected chi connectivity index (χ3v) is 12.2. The van der Waals surface area contributed by atoms with E-state index in [-0.39, 0.29) is 58.6 Å². The molecule has 0 aromatic heterocycles. The number of nitrogens with two attached hydrogens (primary N) is 1. The van der Waals surface area contributed by atoms with Gasteiger partial charge in [0.1, 0.15) is 11.4 Å². The maximum absolute atomic E-state index is 14.7. The van der Waals surface area contributed by atoms with E-state index in [0.29, 0.717) is 38.9 Å². The van der Waals surface area contributed by atoms with Crippen molar-refractivity contribution in [3.8, 4) is 0 Å². The molecular formula is C38H61N3O7. The Kier molecular flexibility index (Phi) is 9.92. The second-order valence-electron chi connectivity index (χ2n) is 19.3. The summed E-state index contributed by atoms with van der Waals surface area (Å²) in [7, 11) is 0. The summed E-state index contributed by atoms with van der Waals surface area (Å²) in [5, 5.41) is 0. The third-order valence-electron chi connectivity index (χ3n) is 12.2. The first kappa shape index (κ1) is 38.0. The van der Waals surface area contributed by atoms with Crippen molar-refractivity contribution in [2.75, 3.05) is 19.6 Å². The molecule has 4 fully saturated rings. The largest absolute Gasteiger partial charge is 0.444 e. The van der Waals surface area contributed by atoms with Crippen molar-refractivity contribution < 1.29 is 33.5 Å². The topological polar surface area (TPSA) is 144 Å². The number of ether oxygens (including phenoxy) is 1. The predicted molar refractivity (Wildman–Crippen MR) is 182 cm³/mol. The van der Waals surface area contributed by atoms with Crippen LogP contribution in [0.3, 0.4) is 0 Å². The van der Waals surface area contributed by atoms with E-state index in [4.69, 9.17) is 10.5 Å². The number of carbonyl (C=O) groups is 6. The summed E-state index contributed by atoms with van der Waals surface area (Å²) in [4.78, 5) is 83.8. The average molecular weight is 672 g/mol. The molecule has 4 aliphatic rings. The number of ketones is 3. The van der Waals surface area contributed by atoms with Crippen LogP contribution in [0.1, 0.15) is 128 Å². The van der Waals surface area contributed by atoms with Crippen LogP contribution in [0.15, 0.2) is 0 Å². The lowest BCUT2D eigenvalue weighted by atomic mass is 9.75. The van der Waals surface area contributed by atoms with Gasteiger partial charge in [0, 0.05) is 61.6 Å². The van der Waals surface area contributed by atoms with Crippen LogP contribution in [0.2, 0.25) is 0 Å². The summed E-state index contributed by atoms with van der Waals surface area (Å²) in [5.74, 6) is -3.40. The summed E-state index contributed by atoms with van der Waals surface area (Å²) >= 11 is 0. The first-order chi connectivity index (χ1) is 21.8. The summed E-state index contributed by atoms with van der Waals surface area (Å²) < 4.78 is 5.64. The second-order valence-corrected chi connectivity index (χ2v) is 19.3. The minimum Gasteiger partial charge on any atom is -0.444 e. The highest BCUT2D eigenvalue weighted by Gasteiger charge is 2.87. The molecule has 2 heterocycles. The molecule has 10 heteroatoms. The van der Waals surface area contributed by atoms with Gasteiger partial charge in [-0.15, -0.1) is 0 Å². The molecule has 2 aliphatic carbocycles. The van der Waals surface area contributed by atoms with Gasteiger partial charge in [-0.2, -0.15) is 0 Å². The Balaban J connectivity index is 1.66. The fourth-order valence-corrected chi connectivity index (χ4v) is 9.09. The minimum absolute atomic E-state index is 0.00963. The van der Waals surface area contributed by atoms with E-state index in [9.17, 15) is 28.8 Å². The van der Waals surface area contributed by atoms with Crippen LogP contribution in [0.5, 0.6) is 0 Å². The molecule has 4 rings (SSSR count). The molecule has 2 saturated heterocycles. The second kappa shape index (κ2) is 12.5. The summed E-state index contributed by atoms with van der Waals surface area (Å²) in [6.45, 7) is 22.9. The smallest absolute Gasteiger partial charge is 0.410 e. The molecule has 2 spiro atoms. The molecule has 270 valence electrons. The Morgan fingerprint density at radius 3 is 1.90 bits per heavy atom. The lowest BCUT2D eigenvalue weighted by molar-refractivity contribution is -0.147. The molecule has 2 aliphatic heterocycles. The zero-order valence-corrected chi connectivity index (χ0v) is 31.4. The van der Waals surface area contributed by atoms with E-state index in [2.05, 4.69) is 13.8 Å². The maximum atomic E-state index is 14.7. The van der Waals surface area contributed by atoms with Crippen LogP contribution in [0, 0.1) is 44.8 Å². The Morgan fingerprint density at radius 2 is 1.44 bits per heavy atom. The lowest BCUT2D eigenvalue weighted by Gasteiger charge is -2.44. The van der Waals surface area contributed by atoms with Crippen molar-refractivity contribution in [3.63, 3.8) is 0 Å². The van der Waals surface area contributed by atoms with Crippen molar-refractivity contribution in [2.45, 2.75) is 139 Å². The number of amides is 3. The van der Waals surface area contributed by atoms with Gasteiger partial charge in [0.25, 0.3) is 5.91 Å². The van der Waals surface area contributed by atoms with Gasteiger partial charge in [0.15, 0.2) is 5.78 Å². The molecule has 4 atom stereocenters. The Morgan fingerprint density at radius 1 is 0.854 bits per heavy atom. The summed E-state index contributed by atoms with van der Waals surface area (Å²) in [6.07, 6.45) is 3.70. The number of fused-ring (bicyclic) bond motifs is 1.